The lowest BCUT2D eigenvalue weighted by molar-refractivity contribution is -0.137. The van der Waals surface area contributed by atoms with Crippen LogP contribution in [-0.4, -0.2) is 27.7 Å². The number of hydrogen-bond acceptors (Lipinski definition) is 4. The van der Waals surface area contributed by atoms with Gasteiger partial charge < -0.3 is 4.74 Å². The Bertz CT molecular complexity index is 1120. The molecule has 30 heavy (non-hydrogen) atoms. The number of nitriles is 2. The maximum Gasteiger partial charge on any atom is 0.416 e. The van der Waals surface area contributed by atoms with Crippen molar-refractivity contribution in [2.24, 2.45) is 0 Å². The molecule has 0 saturated carbocycles. The van der Waals surface area contributed by atoms with E-state index in [0.717, 1.165) is 18.2 Å². The Balaban J connectivity index is 1.78. The van der Waals surface area contributed by atoms with Crippen LogP contribution in [0.15, 0.2) is 53.4 Å². The minimum atomic E-state index is -4.62. The maximum absolute atomic E-state index is 13.8. The summed E-state index contributed by atoms with van der Waals surface area (Å²) in [5.41, 5.74) is -0.956. The number of ether oxygens (including phenoxy) is 1. The quantitative estimate of drug-likeness (QED) is 0.539. The van der Waals surface area contributed by atoms with E-state index >= 15 is 0 Å². The van der Waals surface area contributed by atoms with Crippen LogP contribution in [0.4, 0.5) is 17.6 Å². The van der Waals surface area contributed by atoms with Crippen molar-refractivity contribution in [3.63, 3.8) is 0 Å². The zero-order chi connectivity index (χ0) is 22.1. The second-order valence-electron chi connectivity index (χ2n) is 6.41. The molecular formula is C20H13F4N3O2S. The first kappa shape index (κ1) is 21.5. The largest absolute Gasteiger partial charge is 0.485 e. The van der Waals surface area contributed by atoms with Crippen LogP contribution in [0.2, 0.25) is 0 Å². The molecule has 1 aliphatic rings. The lowest BCUT2D eigenvalue weighted by Crippen LogP contribution is -2.27. The van der Waals surface area contributed by atoms with Crippen LogP contribution in [0, 0.1) is 28.5 Å². The van der Waals surface area contributed by atoms with Crippen molar-refractivity contribution in [1.82, 2.24) is 4.31 Å². The fourth-order valence-electron chi connectivity index (χ4n) is 2.86. The molecule has 0 amide bonds. The lowest BCUT2D eigenvalue weighted by atomic mass is 10.1. The summed E-state index contributed by atoms with van der Waals surface area (Å²) < 4.78 is 72.3. The average Bonchev–Trinajstić information content (AvgIpc) is 3.06. The Morgan fingerprint density at radius 2 is 1.83 bits per heavy atom. The van der Waals surface area contributed by atoms with E-state index in [2.05, 4.69) is 6.58 Å². The zero-order valence-corrected chi connectivity index (χ0v) is 16.1. The van der Waals surface area contributed by atoms with Crippen LogP contribution in [-0.2, 0) is 17.2 Å². The molecule has 1 heterocycles. The van der Waals surface area contributed by atoms with Crippen molar-refractivity contribution >= 4 is 11.0 Å². The second kappa shape index (κ2) is 8.27. The fourth-order valence-corrected chi connectivity index (χ4v) is 4.17. The molecule has 0 radical (unpaired) electrons. The first-order chi connectivity index (χ1) is 14.1. The third-order valence-corrected chi connectivity index (χ3v) is 5.87. The summed E-state index contributed by atoms with van der Waals surface area (Å²) in [4.78, 5) is -0.0524. The molecule has 2 aromatic rings. The molecule has 1 unspecified atom stereocenters. The molecule has 2 atom stereocenters. The Morgan fingerprint density at radius 1 is 1.13 bits per heavy atom. The van der Waals surface area contributed by atoms with Gasteiger partial charge in [-0.2, -0.15) is 23.7 Å². The molecule has 2 aromatic carbocycles. The Morgan fingerprint density at radius 3 is 2.43 bits per heavy atom. The van der Waals surface area contributed by atoms with E-state index in [9.17, 15) is 27.0 Å². The van der Waals surface area contributed by atoms with Crippen LogP contribution >= 0.6 is 0 Å². The molecule has 1 fully saturated rings. The smallest absolute Gasteiger partial charge is 0.416 e. The van der Waals surface area contributed by atoms with Crippen LogP contribution in [0.5, 0.6) is 5.75 Å². The highest BCUT2D eigenvalue weighted by molar-refractivity contribution is 7.82. The van der Waals surface area contributed by atoms with Gasteiger partial charge in [0.1, 0.15) is 40.8 Å². The molecular weight excluding hydrogens is 422 g/mol. The highest BCUT2D eigenvalue weighted by Gasteiger charge is 2.35. The van der Waals surface area contributed by atoms with E-state index in [-0.39, 0.29) is 34.9 Å². The van der Waals surface area contributed by atoms with Gasteiger partial charge in [0.25, 0.3) is 0 Å². The summed E-state index contributed by atoms with van der Waals surface area (Å²) in [5.74, 6) is -0.597. The van der Waals surface area contributed by atoms with E-state index < -0.39 is 34.6 Å². The first-order valence-electron chi connectivity index (χ1n) is 8.46. The van der Waals surface area contributed by atoms with Crippen molar-refractivity contribution in [2.75, 3.05) is 13.1 Å². The first-order valence-corrected chi connectivity index (χ1v) is 9.57. The van der Waals surface area contributed by atoms with E-state index in [1.54, 1.807) is 12.1 Å². The zero-order valence-electron chi connectivity index (χ0n) is 15.2. The highest BCUT2D eigenvalue weighted by atomic mass is 32.2. The number of alkyl halides is 3. The standard InChI is InChI=1S/C20H13F4N3O2S/c1-12-10-27(11-18(12)29-16-4-2-13(8-25)17(21)7-16)30(28)19-5-3-15(20(22,23)24)6-14(19)9-26/h2-7,18H,1,10-11H2/t18-,30?/m0/s1. The lowest BCUT2D eigenvalue weighted by Gasteiger charge is -2.17. The van der Waals surface area contributed by atoms with E-state index in [1.807, 2.05) is 0 Å². The van der Waals surface area contributed by atoms with Gasteiger partial charge in [-0.05, 0) is 35.9 Å². The predicted octanol–water partition coefficient (Wildman–Crippen LogP) is 3.93. The minimum absolute atomic E-state index is 0.0524. The van der Waals surface area contributed by atoms with Crippen LogP contribution in [0.1, 0.15) is 16.7 Å². The van der Waals surface area contributed by atoms with E-state index in [0.29, 0.717) is 11.6 Å². The number of hydrogen-bond donors (Lipinski definition) is 0. The molecule has 0 aromatic heterocycles. The second-order valence-corrected chi connectivity index (χ2v) is 7.86. The van der Waals surface area contributed by atoms with Gasteiger partial charge in [0.05, 0.1) is 28.1 Å². The number of benzene rings is 2. The van der Waals surface area contributed by atoms with Crippen LogP contribution in [0.3, 0.4) is 0 Å². The summed E-state index contributed by atoms with van der Waals surface area (Å²) in [5, 5.41) is 18.0. The van der Waals surface area contributed by atoms with Crippen LogP contribution in [0.25, 0.3) is 0 Å². The normalized spacial score (nSPS) is 17.9. The van der Waals surface area contributed by atoms with Gasteiger partial charge in [-0.1, -0.05) is 6.58 Å². The molecule has 0 bridgehead atoms. The number of halogens is 4. The monoisotopic (exact) mass is 435 g/mol. The molecule has 10 heteroatoms. The topological polar surface area (TPSA) is 77.1 Å². The van der Waals surface area contributed by atoms with E-state index in [1.165, 1.54) is 16.4 Å². The van der Waals surface area contributed by atoms with Crippen LogP contribution < -0.4 is 4.74 Å². The van der Waals surface area contributed by atoms with Gasteiger partial charge in [-0.15, -0.1) is 0 Å². The summed E-state index contributed by atoms with van der Waals surface area (Å²) in [6.07, 6.45) is -5.27. The minimum Gasteiger partial charge on any atom is -0.485 e. The van der Waals surface area contributed by atoms with Gasteiger partial charge in [-0.3, -0.25) is 0 Å². The maximum atomic E-state index is 13.8. The average molecular weight is 435 g/mol. The van der Waals surface area contributed by atoms with Crippen molar-refractivity contribution in [3.8, 4) is 17.9 Å². The molecule has 154 valence electrons. The third-order valence-electron chi connectivity index (χ3n) is 4.39. The molecule has 0 spiro atoms. The summed E-state index contributed by atoms with van der Waals surface area (Å²) in [6.45, 7) is 4.02. The van der Waals surface area contributed by atoms with Crippen molar-refractivity contribution < 1.29 is 26.5 Å². The van der Waals surface area contributed by atoms with Gasteiger partial charge in [0.15, 0.2) is 0 Å². The van der Waals surface area contributed by atoms with Crippen molar-refractivity contribution in [3.05, 3.63) is 71.1 Å². The third kappa shape index (κ3) is 4.35. The SMILES string of the molecule is C=C1CN(S(=O)c2ccc(C(F)(F)F)cc2C#N)C[C@@H]1Oc1ccc(C#N)c(F)c1. The Hall–Kier alpha value is -3.21. The van der Waals surface area contributed by atoms with Crippen molar-refractivity contribution in [1.29, 1.82) is 10.5 Å². The van der Waals surface area contributed by atoms with Gasteiger partial charge >= 0.3 is 6.18 Å². The molecule has 3 rings (SSSR count). The number of rotatable bonds is 4. The molecule has 1 aliphatic heterocycles. The fraction of sp³-hybridized carbons (Fsp3) is 0.200. The molecule has 5 nitrogen and oxygen atoms in total. The Labute approximate surface area is 172 Å². The predicted molar refractivity (Wildman–Crippen MR) is 98.8 cm³/mol. The summed E-state index contributed by atoms with van der Waals surface area (Å²) in [6, 6.07) is 9.52. The molecule has 1 saturated heterocycles. The van der Waals surface area contributed by atoms with E-state index in [4.69, 9.17) is 10.00 Å². The van der Waals surface area contributed by atoms with Crippen molar-refractivity contribution in [2.45, 2.75) is 17.2 Å². The van der Waals surface area contributed by atoms with Gasteiger partial charge in [0, 0.05) is 12.6 Å². The van der Waals surface area contributed by atoms with Gasteiger partial charge in [-0.25, -0.2) is 12.9 Å². The van der Waals surface area contributed by atoms with Gasteiger partial charge in [0.2, 0.25) is 0 Å². The Kier molecular flexibility index (Phi) is 5.92. The summed E-state index contributed by atoms with van der Waals surface area (Å²) >= 11 is 0. The summed E-state index contributed by atoms with van der Waals surface area (Å²) in [7, 11) is -1.93. The highest BCUT2D eigenvalue weighted by Crippen LogP contribution is 2.32. The molecule has 0 aliphatic carbocycles. The molecule has 0 N–H and O–H groups in total. The number of nitrogens with zero attached hydrogens (tertiary/aromatic N) is 3.